The number of likely N-dealkylation sites (tertiary alicyclic amines) is 1. The predicted octanol–water partition coefficient (Wildman–Crippen LogP) is 6.05. The molecular formula is C29H30N2O. The first-order chi connectivity index (χ1) is 15.7. The molecule has 2 unspecified atom stereocenters. The number of nitrogens with zero attached hydrogens (tertiary/aromatic N) is 1. The van der Waals surface area contributed by atoms with Crippen molar-refractivity contribution >= 4 is 27.5 Å². The van der Waals surface area contributed by atoms with E-state index >= 15 is 0 Å². The van der Waals surface area contributed by atoms with Crippen molar-refractivity contribution in [3.63, 3.8) is 0 Å². The first-order valence-electron chi connectivity index (χ1n) is 11.7. The molecule has 32 heavy (non-hydrogen) atoms. The maximum absolute atomic E-state index is 13.7. The molecule has 1 aliphatic heterocycles. The van der Waals surface area contributed by atoms with E-state index in [1.165, 1.54) is 29.2 Å². The van der Waals surface area contributed by atoms with Crippen LogP contribution in [0.25, 0.3) is 21.5 Å². The van der Waals surface area contributed by atoms with Crippen molar-refractivity contribution in [3.8, 4) is 0 Å². The van der Waals surface area contributed by atoms with Crippen molar-refractivity contribution < 1.29 is 4.79 Å². The lowest BCUT2D eigenvalue weighted by molar-refractivity contribution is -0.123. The molecule has 2 atom stereocenters. The second kappa shape index (κ2) is 9.13. The highest BCUT2D eigenvalue weighted by Crippen LogP contribution is 2.34. The molecule has 3 heteroatoms. The summed E-state index contributed by atoms with van der Waals surface area (Å²) in [5, 5.41) is 8.08. The zero-order valence-electron chi connectivity index (χ0n) is 18.6. The Labute approximate surface area is 190 Å². The predicted molar refractivity (Wildman–Crippen MR) is 133 cm³/mol. The van der Waals surface area contributed by atoms with Gasteiger partial charge in [0.15, 0.2) is 0 Å². The van der Waals surface area contributed by atoms with Gasteiger partial charge in [-0.1, -0.05) is 78.9 Å². The molecule has 162 valence electrons. The quantitative estimate of drug-likeness (QED) is 0.384. The van der Waals surface area contributed by atoms with Gasteiger partial charge in [-0.2, -0.15) is 0 Å². The number of fused-ring (bicyclic) bond motifs is 2. The van der Waals surface area contributed by atoms with Gasteiger partial charge in [0.2, 0.25) is 5.91 Å². The SMILES string of the molecule is CC(C(=O)NC(CN1CCCC1)c1ccccc1)c1c2ccccc2cc2ccccc12. The van der Waals surface area contributed by atoms with E-state index in [9.17, 15) is 4.79 Å². The van der Waals surface area contributed by atoms with Crippen LogP contribution < -0.4 is 5.32 Å². The number of hydrogen-bond acceptors (Lipinski definition) is 2. The maximum atomic E-state index is 13.7. The average Bonchev–Trinajstić information content (AvgIpc) is 3.35. The van der Waals surface area contributed by atoms with Crippen molar-refractivity contribution in [1.82, 2.24) is 10.2 Å². The van der Waals surface area contributed by atoms with E-state index in [1.807, 2.05) is 13.0 Å². The molecule has 1 fully saturated rings. The molecule has 0 spiro atoms. The Kier molecular flexibility index (Phi) is 5.91. The standard InChI is InChI=1S/C29H30N2O/c1-21(28-25-15-7-5-13-23(25)19-24-14-6-8-16-26(24)28)29(32)30-27(20-31-17-9-10-18-31)22-11-3-2-4-12-22/h2-8,11-16,19,21,27H,9-10,17-18,20H2,1H3,(H,30,32). The zero-order chi connectivity index (χ0) is 21.9. The van der Waals surface area contributed by atoms with Crippen LogP contribution in [0.2, 0.25) is 0 Å². The molecule has 0 saturated carbocycles. The molecular weight excluding hydrogens is 392 g/mol. The third kappa shape index (κ3) is 4.13. The van der Waals surface area contributed by atoms with Gasteiger partial charge in [0.25, 0.3) is 0 Å². The summed E-state index contributed by atoms with van der Waals surface area (Å²) >= 11 is 0. The Hall–Kier alpha value is -3.17. The van der Waals surface area contributed by atoms with Crippen LogP contribution in [-0.2, 0) is 4.79 Å². The number of rotatable bonds is 6. The van der Waals surface area contributed by atoms with Crippen LogP contribution in [0.5, 0.6) is 0 Å². The summed E-state index contributed by atoms with van der Waals surface area (Å²) in [5.74, 6) is -0.171. The Bertz CT molecular complexity index is 1170. The summed E-state index contributed by atoms with van der Waals surface area (Å²) in [6, 6.07) is 29.4. The highest BCUT2D eigenvalue weighted by atomic mass is 16.1. The van der Waals surface area contributed by atoms with E-state index in [2.05, 4.69) is 89.1 Å². The smallest absolute Gasteiger partial charge is 0.227 e. The first kappa shape index (κ1) is 20.7. The van der Waals surface area contributed by atoms with E-state index in [1.54, 1.807) is 0 Å². The second-order valence-electron chi connectivity index (χ2n) is 8.93. The molecule has 1 heterocycles. The van der Waals surface area contributed by atoms with Crippen LogP contribution in [-0.4, -0.2) is 30.4 Å². The highest BCUT2D eigenvalue weighted by Gasteiger charge is 2.25. The van der Waals surface area contributed by atoms with Crippen LogP contribution in [0, 0.1) is 0 Å². The largest absolute Gasteiger partial charge is 0.347 e. The third-order valence-electron chi connectivity index (χ3n) is 6.80. The molecule has 4 aromatic carbocycles. The zero-order valence-corrected chi connectivity index (χ0v) is 18.6. The molecule has 5 rings (SSSR count). The van der Waals surface area contributed by atoms with Gasteiger partial charge < -0.3 is 10.2 Å². The lowest BCUT2D eigenvalue weighted by atomic mass is 9.88. The monoisotopic (exact) mass is 422 g/mol. The molecule has 0 aliphatic carbocycles. The maximum Gasteiger partial charge on any atom is 0.227 e. The topological polar surface area (TPSA) is 32.3 Å². The van der Waals surface area contributed by atoms with Gasteiger partial charge in [-0.3, -0.25) is 4.79 Å². The molecule has 0 aromatic heterocycles. The Morgan fingerprint density at radius 1 is 0.844 bits per heavy atom. The second-order valence-corrected chi connectivity index (χ2v) is 8.93. The normalized spacial score (nSPS) is 16.3. The summed E-state index contributed by atoms with van der Waals surface area (Å²) in [7, 11) is 0. The minimum absolute atomic E-state index is 0.00881. The van der Waals surface area contributed by atoms with Gasteiger partial charge in [-0.25, -0.2) is 0 Å². The third-order valence-corrected chi connectivity index (χ3v) is 6.80. The van der Waals surface area contributed by atoms with E-state index in [4.69, 9.17) is 0 Å². The summed E-state index contributed by atoms with van der Waals surface area (Å²) in [4.78, 5) is 16.1. The van der Waals surface area contributed by atoms with E-state index < -0.39 is 0 Å². The number of amides is 1. The molecule has 1 aliphatic rings. The minimum Gasteiger partial charge on any atom is -0.347 e. The number of nitrogens with one attached hydrogen (secondary N) is 1. The molecule has 3 nitrogen and oxygen atoms in total. The number of benzene rings is 4. The van der Waals surface area contributed by atoms with E-state index in [0.717, 1.165) is 36.0 Å². The minimum atomic E-state index is -0.254. The molecule has 1 N–H and O–H groups in total. The summed E-state index contributed by atoms with van der Waals surface area (Å²) in [6.45, 7) is 5.13. The highest BCUT2D eigenvalue weighted by molar-refractivity contribution is 6.05. The van der Waals surface area contributed by atoms with E-state index in [-0.39, 0.29) is 17.9 Å². The Morgan fingerprint density at radius 2 is 1.41 bits per heavy atom. The summed E-state index contributed by atoms with van der Waals surface area (Å²) in [5.41, 5.74) is 2.28. The molecule has 0 bridgehead atoms. The van der Waals surface area contributed by atoms with Crippen molar-refractivity contribution in [2.24, 2.45) is 0 Å². The fourth-order valence-corrected chi connectivity index (χ4v) is 5.09. The van der Waals surface area contributed by atoms with Crippen LogP contribution >= 0.6 is 0 Å². The van der Waals surface area contributed by atoms with Crippen molar-refractivity contribution in [2.45, 2.75) is 31.7 Å². The van der Waals surface area contributed by atoms with Gasteiger partial charge in [-0.15, -0.1) is 0 Å². The lowest BCUT2D eigenvalue weighted by Crippen LogP contribution is -2.38. The van der Waals surface area contributed by atoms with Crippen LogP contribution in [0.1, 0.15) is 42.9 Å². The number of carbonyl (C=O) groups excluding carboxylic acids is 1. The fraction of sp³-hybridized carbons (Fsp3) is 0.276. The molecule has 4 aromatic rings. The van der Waals surface area contributed by atoms with Crippen LogP contribution in [0.15, 0.2) is 84.9 Å². The van der Waals surface area contributed by atoms with Gasteiger partial charge in [0, 0.05) is 6.54 Å². The first-order valence-corrected chi connectivity index (χ1v) is 11.7. The Balaban J connectivity index is 1.49. The number of carbonyl (C=O) groups is 1. The van der Waals surface area contributed by atoms with E-state index in [0.29, 0.717) is 0 Å². The molecule has 1 saturated heterocycles. The van der Waals surface area contributed by atoms with Crippen molar-refractivity contribution in [3.05, 3.63) is 96.1 Å². The van der Waals surface area contributed by atoms with Gasteiger partial charge in [0.1, 0.15) is 0 Å². The van der Waals surface area contributed by atoms with Crippen molar-refractivity contribution in [1.29, 1.82) is 0 Å². The summed E-state index contributed by atoms with van der Waals surface area (Å²) in [6.07, 6.45) is 2.49. The Morgan fingerprint density at radius 3 is 2.03 bits per heavy atom. The molecule has 1 amide bonds. The summed E-state index contributed by atoms with van der Waals surface area (Å²) < 4.78 is 0. The van der Waals surface area contributed by atoms with Crippen molar-refractivity contribution in [2.75, 3.05) is 19.6 Å². The van der Waals surface area contributed by atoms with Crippen LogP contribution in [0.4, 0.5) is 0 Å². The fourth-order valence-electron chi connectivity index (χ4n) is 5.09. The molecule has 0 radical (unpaired) electrons. The van der Waals surface area contributed by atoms with Crippen LogP contribution in [0.3, 0.4) is 0 Å². The van der Waals surface area contributed by atoms with Gasteiger partial charge in [-0.05, 0) is 71.6 Å². The lowest BCUT2D eigenvalue weighted by Gasteiger charge is -2.27. The average molecular weight is 423 g/mol. The number of hydrogen-bond donors (Lipinski definition) is 1. The van der Waals surface area contributed by atoms with Gasteiger partial charge in [0.05, 0.1) is 12.0 Å². The van der Waals surface area contributed by atoms with Gasteiger partial charge >= 0.3 is 0 Å².